The molecule has 0 atom stereocenters. The third-order valence-corrected chi connectivity index (χ3v) is 2.89. The van der Waals surface area contributed by atoms with E-state index in [4.69, 9.17) is 21.1 Å². The molecule has 16 heavy (non-hydrogen) atoms. The molecule has 0 N–H and O–H groups in total. The van der Waals surface area contributed by atoms with Gasteiger partial charge in [-0.2, -0.15) is 0 Å². The molecule has 0 saturated carbocycles. The molecular weight excluding hydrogens is 295 g/mol. The molecule has 0 saturated heterocycles. The summed E-state index contributed by atoms with van der Waals surface area (Å²) in [7, 11) is 1.47. The molecule has 0 amide bonds. The van der Waals surface area contributed by atoms with Gasteiger partial charge in [-0.3, -0.25) is 0 Å². The molecule has 3 nitrogen and oxygen atoms in total. The fourth-order valence-corrected chi connectivity index (χ4v) is 1.94. The van der Waals surface area contributed by atoms with Gasteiger partial charge in [0.2, 0.25) is 0 Å². The van der Waals surface area contributed by atoms with E-state index < -0.39 is 5.97 Å². The Kier molecular flexibility index (Phi) is 5.09. The highest BCUT2D eigenvalue weighted by molar-refractivity contribution is 9.08. The Balaban J connectivity index is 3.22. The minimum atomic E-state index is -0.427. The van der Waals surface area contributed by atoms with Crippen molar-refractivity contribution in [2.24, 2.45) is 0 Å². The van der Waals surface area contributed by atoms with Crippen molar-refractivity contribution in [3.05, 3.63) is 28.3 Å². The number of alkyl halides is 1. The summed E-state index contributed by atoms with van der Waals surface area (Å²) in [6.45, 7) is 2.07. The summed E-state index contributed by atoms with van der Waals surface area (Å²) in [6, 6.07) is 3.45. The second-order valence-electron chi connectivity index (χ2n) is 3.01. The highest BCUT2D eigenvalue weighted by Gasteiger charge is 2.17. The second kappa shape index (κ2) is 6.11. The zero-order valence-corrected chi connectivity index (χ0v) is 11.4. The molecule has 0 heterocycles. The van der Waals surface area contributed by atoms with Crippen LogP contribution in [0.15, 0.2) is 12.1 Å². The van der Waals surface area contributed by atoms with Gasteiger partial charge in [-0.05, 0) is 24.6 Å². The SMILES string of the molecule is CCOC(=O)c1cc(CBr)cc(Cl)c1OC. The number of benzene rings is 1. The lowest BCUT2D eigenvalue weighted by Crippen LogP contribution is -2.07. The van der Waals surface area contributed by atoms with Gasteiger partial charge in [-0.15, -0.1) is 0 Å². The Labute approximate surface area is 108 Å². The monoisotopic (exact) mass is 306 g/mol. The van der Waals surface area contributed by atoms with Crippen LogP contribution >= 0.6 is 27.5 Å². The lowest BCUT2D eigenvalue weighted by Gasteiger charge is -2.11. The van der Waals surface area contributed by atoms with Gasteiger partial charge in [0.1, 0.15) is 5.56 Å². The molecule has 0 aliphatic heterocycles. The number of halogens is 2. The van der Waals surface area contributed by atoms with Gasteiger partial charge in [-0.25, -0.2) is 4.79 Å². The van der Waals surface area contributed by atoms with E-state index in [-0.39, 0.29) is 0 Å². The van der Waals surface area contributed by atoms with Crippen molar-refractivity contribution in [1.29, 1.82) is 0 Å². The predicted molar refractivity (Wildman–Crippen MR) is 66.6 cm³/mol. The van der Waals surface area contributed by atoms with Crippen LogP contribution in [-0.4, -0.2) is 19.7 Å². The largest absolute Gasteiger partial charge is 0.494 e. The van der Waals surface area contributed by atoms with Gasteiger partial charge in [0.15, 0.2) is 5.75 Å². The van der Waals surface area contributed by atoms with Crippen LogP contribution in [0.2, 0.25) is 5.02 Å². The molecule has 0 bridgehead atoms. The number of hydrogen-bond donors (Lipinski definition) is 0. The van der Waals surface area contributed by atoms with Crippen molar-refractivity contribution in [3.63, 3.8) is 0 Å². The minimum Gasteiger partial charge on any atom is -0.494 e. The van der Waals surface area contributed by atoms with Gasteiger partial charge >= 0.3 is 5.97 Å². The van der Waals surface area contributed by atoms with Crippen molar-refractivity contribution in [3.8, 4) is 5.75 Å². The lowest BCUT2D eigenvalue weighted by molar-refractivity contribution is 0.0522. The third kappa shape index (κ3) is 2.89. The number of rotatable bonds is 4. The van der Waals surface area contributed by atoms with Crippen LogP contribution in [-0.2, 0) is 10.1 Å². The molecular formula is C11H12BrClO3. The van der Waals surface area contributed by atoms with Crippen LogP contribution < -0.4 is 4.74 Å². The molecule has 0 fully saturated rings. The fraction of sp³-hybridized carbons (Fsp3) is 0.364. The first-order valence-corrected chi connectivity index (χ1v) is 6.23. The molecule has 0 aliphatic rings. The highest BCUT2D eigenvalue weighted by Crippen LogP contribution is 2.31. The van der Waals surface area contributed by atoms with E-state index in [1.54, 1.807) is 19.1 Å². The Bertz CT molecular complexity index is 393. The van der Waals surface area contributed by atoms with E-state index in [0.29, 0.717) is 28.3 Å². The Morgan fingerprint density at radius 3 is 2.69 bits per heavy atom. The molecule has 5 heteroatoms. The van der Waals surface area contributed by atoms with E-state index >= 15 is 0 Å². The van der Waals surface area contributed by atoms with E-state index in [1.165, 1.54) is 7.11 Å². The van der Waals surface area contributed by atoms with Gasteiger partial charge in [0.25, 0.3) is 0 Å². The topological polar surface area (TPSA) is 35.5 Å². The number of ether oxygens (including phenoxy) is 2. The van der Waals surface area contributed by atoms with Crippen molar-refractivity contribution in [1.82, 2.24) is 0 Å². The van der Waals surface area contributed by atoms with Crippen molar-refractivity contribution < 1.29 is 14.3 Å². The van der Waals surface area contributed by atoms with E-state index in [1.807, 2.05) is 0 Å². The maximum atomic E-state index is 11.7. The van der Waals surface area contributed by atoms with Crippen LogP contribution in [0, 0.1) is 0 Å². The van der Waals surface area contributed by atoms with Crippen LogP contribution in [0.5, 0.6) is 5.75 Å². The maximum Gasteiger partial charge on any atom is 0.341 e. The van der Waals surface area contributed by atoms with Crippen LogP contribution in [0.1, 0.15) is 22.8 Å². The summed E-state index contributed by atoms with van der Waals surface area (Å²) in [4.78, 5) is 11.7. The number of carbonyl (C=O) groups is 1. The van der Waals surface area contributed by atoms with E-state index in [2.05, 4.69) is 15.9 Å². The van der Waals surface area contributed by atoms with Crippen molar-refractivity contribution in [2.45, 2.75) is 12.3 Å². The molecule has 1 aromatic rings. The Morgan fingerprint density at radius 1 is 1.50 bits per heavy atom. The number of carbonyl (C=O) groups excluding carboxylic acids is 1. The molecule has 0 aromatic heterocycles. The van der Waals surface area contributed by atoms with Crippen molar-refractivity contribution >= 4 is 33.5 Å². The second-order valence-corrected chi connectivity index (χ2v) is 3.98. The normalized spacial score (nSPS) is 10.0. The Hall–Kier alpha value is -0.740. The lowest BCUT2D eigenvalue weighted by atomic mass is 10.1. The van der Waals surface area contributed by atoms with Crippen LogP contribution in [0.3, 0.4) is 0 Å². The smallest absolute Gasteiger partial charge is 0.341 e. The molecule has 88 valence electrons. The minimum absolute atomic E-state index is 0.318. The first-order valence-electron chi connectivity index (χ1n) is 4.73. The summed E-state index contributed by atoms with van der Waals surface area (Å²) in [5.41, 5.74) is 1.25. The number of methoxy groups -OCH3 is 1. The average molecular weight is 308 g/mol. The van der Waals surface area contributed by atoms with Gasteiger partial charge in [-0.1, -0.05) is 27.5 Å². The Morgan fingerprint density at radius 2 is 2.19 bits per heavy atom. The molecule has 1 aromatic carbocycles. The number of hydrogen-bond acceptors (Lipinski definition) is 3. The zero-order chi connectivity index (χ0) is 12.1. The quantitative estimate of drug-likeness (QED) is 0.631. The predicted octanol–water partition coefficient (Wildman–Crippen LogP) is 3.42. The van der Waals surface area contributed by atoms with Crippen LogP contribution in [0.25, 0.3) is 0 Å². The number of esters is 1. The summed E-state index contributed by atoms with van der Waals surface area (Å²) < 4.78 is 10.0. The molecule has 0 aliphatic carbocycles. The fourth-order valence-electron chi connectivity index (χ4n) is 1.29. The molecule has 0 spiro atoms. The van der Waals surface area contributed by atoms with E-state index in [9.17, 15) is 4.79 Å². The van der Waals surface area contributed by atoms with Gasteiger partial charge < -0.3 is 9.47 Å². The third-order valence-electron chi connectivity index (χ3n) is 1.96. The first-order chi connectivity index (χ1) is 7.63. The van der Waals surface area contributed by atoms with Gasteiger partial charge in [0, 0.05) is 5.33 Å². The summed E-state index contributed by atoms with van der Waals surface area (Å²) in [5.74, 6) is -0.0751. The van der Waals surface area contributed by atoms with Crippen LogP contribution in [0.4, 0.5) is 0 Å². The summed E-state index contributed by atoms with van der Waals surface area (Å²) >= 11 is 9.31. The zero-order valence-electron chi connectivity index (χ0n) is 9.05. The average Bonchev–Trinajstić information content (AvgIpc) is 2.28. The maximum absolute atomic E-state index is 11.7. The summed E-state index contributed by atoms with van der Waals surface area (Å²) in [5, 5.41) is 1.02. The molecule has 0 unspecified atom stereocenters. The van der Waals surface area contributed by atoms with Crippen molar-refractivity contribution in [2.75, 3.05) is 13.7 Å². The highest BCUT2D eigenvalue weighted by atomic mass is 79.9. The van der Waals surface area contributed by atoms with E-state index in [0.717, 1.165) is 5.56 Å². The molecule has 1 rings (SSSR count). The van der Waals surface area contributed by atoms with Gasteiger partial charge in [0.05, 0.1) is 18.7 Å². The summed E-state index contributed by atoms with van der Waals surface area (Å²) in [6.07, 6.45) is 0. The molecule has 0 radical (unpaired) electrons. The first kappa shape index (κ1) is 13.3. The standard InChI is InChI=1S/C11H12BrClO3/c1-3-16-11(14)8-4-7(6-12)5-9(13)10(8)15-2/h4-5H,3,6H2,1-2H3.